The van der Waals surface area contributed by atoms with Gasteiger partial charge in [0.15, 0.2) is 11.5 Å². The molecule has 0 aliphatic heterocycles. The van der Waals surface area contributed by atoms with Crippen LogP contribution < -0.4 is 14.9 Å². The fourth-order valence-corrected chi connectivity index (χ4v) is 3.43. The lowest BCUT2D eigenvalue weighted by Crippen LogP contribution is -2.36. The van der Waals surface area contributed by atoms with E-state index in [0.29, 0.717) is 17.1 Å². The van der Waals surface area contributed by atoms with Crippen molar-refractivity contribution in [3.63, 3.8) is 0 Å². The molecule has 0 radical (unpaired) electrons. The van der Waals surface area contributed by atoms with Crippen LogP contribution in [0.15, 0.2) is 58.5 Å². The fraction of sp³-hybridized carbons (Fsp3) is 0.222. The number of para-hydroxylation sites is 1. The van der Waals surface area contributed by atoms with Gasteiger partial charge in [-0.25, -0.2) is 13.8 Å². The van der Waals surface area contributed by atoms with Crippen molar-refractivity contribution in [3.8, 4) is 11.5 Å². The molecule has 0 unspecified atom stereocenters. The molecule has 0 fully saturated rings. The monoisotopic (exact) mass is 391 g/mol. The van der Waals surface area contributed by atoms with Crippen LogP contribution in [0.5, 0.6) is 11.5 Å². The maximum atomic E-state index is 12.4. The molecule has 0 aliphatic carbocycles. The van der Waals surface area contributed by atoms with Crippen LogP contribution in [-0.4, -0.2) is 52.7 Å². The summed E-state index contributed by atoms with van der Waals surface area (Å²) < 4.78 is 36.2. The standard InChI is InChI=1S/C18H21N3O5S/c1-21(27(23,24)15-9-5-4-6-10-15)13-17(22)20-19-12-14-8-7-11-16(25-2)18(14)26-3/h4-12H,13H2,1-3H3,(H,20,22)/b19-12-. The molecule has 2 aromatic rings. The average molecular weight is 391 g/mol. The van der Waals surface area contributed by atoms with Gasteiger partial charge in [0.1, 0.15) is 0 Å². The van der Waals surface area contributed by atoms with E-state index in [1.165, 1.54) is 39.6 Å². The lowest BCUT2D eigenvalue weighted by molar-refractivity contribution is -0.121. The third-order valence-corrected chi connectivity index (χ3v) is 5.46. The molecule has 0 saturated carbocycles. The minimum atomic E-state index is -3.75. The molecular weight excluding hydrogens is 370 g/mol. The number of sulfonamides is 1. The molecule has 144 valence electrons. The van der Waals surface area contributed by atoms with Gasteiger partial charge in [0.05, 0.1) is 31.9 Å². The smallest absolute Gasteiger partial charge is 0.255 e. The molecule has 27 heavy (non-hydrogen) atoms. The van der Waals surface area contributed by atoms with Gasteiger partial charge in [0, 0.05) is 12.6 Å². The van der Waals surface area contributed by atoms with Crippen LogP contribution in [0.1, 0.15) is 5.56 Å². The Morgan fingerprint density at radius 3 is 2.44 bits per heavy atom. The predicted octanol–water partition coefficient (Wildman–Crippen LogP) is 1.47. The summed E-state index contributed by atoms with van der Waals surface area (Å²) in [5.41, 5.74) is 2.90. The van der Waals surface area contributed by atoms with E-state index in [0.717, 1.165) is 4.31 Å². The third-order valence-electron chi connectivity index (χ3n) is 3.64. The molecule has 0 atom stereocenters. The Morgan fingerprint density at radius 2 is 1.81 bits per heavy atom. The van der Waals surface area contributed by atoms with E-state index in [-0.39, 0.29) is 11.4 Å². The Morgan fingerprint density at radius 1 is 1.11 bits per heavy atom. The van der Waals surface area contributed by atoms with E-state index in [9.17, 15) is 13.2 Å². The van der Waals surface area contributed by atoms with Crippen molar-refractivity contribution in [2.75, 3.05) is 27.8 Å². The summed E-state index contributed by atoms with van der Waals surface area (Å²) in [5.74, 6) is 0.429. The van der Waals surface area contributed by atoms with Gasteiger partial charge < -0.3 is 9.47 Å². The number of nitrogens with zero attached hydrogens (tertiary/aromatic N) is 2. The van der Waals surface area contributed by atoms with Gasteiger partial charge in [-0.1, -0.05) is 24.3 Å². The topological polar surface area (TPSA) is 97.3 Å². The first-order chi connectivity index (χ1) is 12.9. The highest BCUT2D eigenvalue weighted by Crippen LogP contribution is 2.29. The molecule has 1 amide bonds. The van der Waals surface area contributed by atoms with Crippen molar-refractivity contribution in [1.82, 2.24) is 9.73 Å². The number of hydrogen-bond donors (Lipinski definition) is 1. The predicted molar refractivity (Wildman–Crippen MR) is 102 cm³/mol. The Hall–Kier alpha value is -2.91. The maximum Gasteiger partial charge on any atom is 0.255 e. The van der Waals surface area contributed by atoms with E-state index in [1.54, 1.807) is 36.4 Å². The van der Waals surface area contributed by atoms with E-state index in [1.807, 2.05) is 0 Å². The summed E-state index contributed by atoms with van der Waals surface area (Å²) in [6, 6.07) is 13.1. The zero-order chi connectivity index (χ0) is 19.9. The van der Waals surface area contributed by atoms with Crippen LogP contribution in [0.25, 0.3) is 0 Å². The van der Waals surface area contributed by atoms with Crippen LogP contribution in [0.3, 0.4) is 0 Å². The number of carbonyl (C=O) groups is 1. The highest BCUT2D eigenvalue weighted by Gasteiger charge is 2.22. The Balaban J connectivity index is 2.01. The number of methoxy groups -OCH3 is 2. The molecule has 2 aromatic carbocycles. The van der Waals surface area contributed by atoms with Crippen molar-refractivity contribution in [1.29, 1.82) is 0 Å². The number of amides is 1. The first kappa shape index (κ1) is 20.4. The largest absolute Gasteiger partial charge is 0.493 e. The third kappa shape index (κ3) is 5.05. The zero-order valence-electron chi connectivity index (χ0n) is 15.2. The van der Waals surface area contributed by atoms with E-state index >= 15 is 0 Å². The van der Waals surface area contributed by atoms with Crippen LogP contribution in [0.2, 0.25) is 0 Å². The number of rotatable bonds is 8. The molecule has 0 aromatic heterocycles. The van der Waals surface area contributed by atoms with Gasteiger partial charge in [0.25, 0.3) is 5.91 Å². The van der Waals surface area contributed by atoms with Crippen molar-refractivity contribution in [2.45, 2.75) is 4.90 Å². The highest BCUT2D eigenvalue weighted by molar-refractivity contribution is 7.89. The van der Waals surface area contributed by atoms with E-state index < -0.39 is 15.9 Å². The second-order valence-corrected chi connectivity index (χ2v) is 7.49. The number of ether oxygens (including phenoxy) is 2. The minimum Gasteiger partial charge on any atom is -0.493 e. The molecule has 0 saturated heterocycles. The second-order valence-electron chi connectivity index (χ2n) is 5.45. The summed E-state index contributed by atoms with van der Waals surface area (Å²) in [6.45, 7) is -0.371. The average Bonchev–Trinajstić information content (AvgIpc) is 2.68. The molecule has 0 spiro atoms. The SMILES string of the molecule is COc1cccc(/C=N\NC(=O)CN(C)S(=O)(=O)c2ccccc2)c1OC. The van der Waals surface area contributed by atoms with E-state index in [2.05, 4.69) is 10.5 Å². The first-order valence-electron chi connectivity index (χ1n) is 7.94. The maximum absolute atomic E-state index is 12.4. The molecule has 8 nitrogen and oxygen atoms in total. The summed E-state index contributed by atoms with van der Waals surface area (Å²) >= 11 is 0. The van der Waals surface area contributed by atoms with Crippen LogP contribution >= 0.6 is 0 Å². The molecule has 1 N–H and O–H groups in total. The van der Waals surface area contributed by atoms with Gasteiger partial charge in [-0.05, 0) is 24.3 Å². The highest BCUT2D eigenvalue weighted by atomic mass is 32.2. The zero-order valence-corrected chi connectivity index (χ0v) is 16.1. The van der Waals surface area contributed by atoms with E-state index in [4.69, 9.17) is 9.47 Å². The number of benzene rings is 2. The van der Waals surface area contributed by atoms with Gasteiger partial charge in [0.2, 0.25) is 10.0 Å². The molecular formula is C18H21N3O5S. The Bertz CT molecular complexity index is 914. The van der Waals surface area contributed by atoms with Gasteiger partial charge >= 0.3 is 0 Å². The van der Waals surface area contributed by atoms with Crippen LogP contribution in [-0.2, 0) is 14.8 Å². The van der Waals surface area contributed by atoms with Crippen molar-refractivity contribution in [3.05, 3.63) is 54.1 Å². The molecule has 0 heterocycles. The molecule has 9 heteroatoms. The van der Waals surface area contributed by atoms with Crippen LogP contribution in [0, 0.1) is 0 Å². The van der Waals surface area contributed by atoms with Crippen molar-refractivity contribution < 1.29 is 22.7 Å². The second kappa shape index (κ2) is 9.15. The molecule has 0 aliphatic rings. The lowest BCUT2D eigenvalue weighted by atomic mass is 10.2. The molecule has 2 rings (SSSR count). The Labute approximate surface area is 158 Å². The summed E-state index contributed by atoms with van der Waals surface area (Å²) in [4.78, 5) is 12.1. The normalized spacial score (nSPS) is 11.6. The lowest BCUT2D eigenvalue weighted by Gasteiger charge is -2.15. The fourth-order valence-electron chi connectivity index (χ4n) is 2.28. The van der Waals surface area contributed by atoms with Crippen molar-refractivity contribution >= 4 is 22.1 Å². The summed E-state index contributed by atoms with van der Waals surface area (Å²) in [6.07, 6.45) is 1.39. The van der Waals surface area contributed by atoms with Crippen LogP contribution in [0.4, 0.5) is 0 Å². The number of carbonyl (C=O) groups excluding carboxylic acids is 1. The van der Waals surface area contributed by atoms with Gasteiger partial charge in [-0.15, -0.1) is 0 Å². The summed E-state index contributed by atoms with van der Waals surface area (Å²) in [5, 5.41) is 3.85. The quantitative estimate of drug-likeness (QED) is 0.543. The first-order valence-corrected chi connectivity index (χ1v) is 9.38. The summed E-state index contributed by atoms with van der Waals surface area (Å²) in [7, 11) is 0.598. The molecule has 0 bridgehead atoms. The minimum absolute atomic E-state index is 0.116. The van der Waals surface area contributed by atoms with Gasteiger partial charge in [-0.3, -0.25) is 4.79 Å². The number of nitrogens with one attached hydrogen (secondary N) is 1. The number of hydrazone groups is 1. The number of likely N-dealkylation sites (N-methyl/N-ethyl adjacent to an activating group) is 1. The number of hydrogen-bond acceptors (Lipinski definition) is 6. The van der Waals surface area contributed by atoms with Crippen molar-refractivity contribution in [2.24, 2.45) is 5.10 Å². The van der Waals surface area contributed by atoms with Gasteiger partial charge in [-0.2, -0.15) is 9.41 Å². The Kier molecular flexibility index (Phi) is 6.91.